The van der Waals surface area contributed by atoms with Crippen molar-refractivity contribution in [3.8, 4) is 0 Å². The Labute approximate surface area is 103 Å². The molecule has 16 heavy (non-hydrogen) atoms. The number of rotatable bonds is 5. The Hall–Kier alpha value is -0.470. The molecule has 88 valence electrons. The molecule has 0 fully saturated rings. The van der Waals surface area contributed by atoms with Gasteiger partial charge in [-0.15, -0.1) is 0 Å². The molecule has 1 nitrogen and oxygen atoms in total. The third kappa shape index (κ3) is 3.02. The molecule has 0 aliphatic heterocycles. The van der Waals surface area contributed by atoms with Crippen LogP contribution in [0.2, 0.25) is 0 Å². The number of hydrogen-bond donors (Lipinski definition) is 1. The third-order valence-electron chi connectivity index (χ3n) is 3.31. The van der Waals surface area contributed by atoms with Gasteiger partial charge in [-0.2, -0.15) is 11.8 Å². The smallest absolute Gasteiger partial charge is 0.000158 e. The number of thioether (sulfide) groups is 1. The molecule has 0 aromatic heterocycles. The Bertz CT molecular complexity index is 324. The van der Waals surface area contributed by atoms with Gasteiger partial charge in [-0.1, -0.05) is 24.3 Å². The van der Waals surface area contributed by atoms with E-state index >= 15 is 0 Å². The van der Waals surface area contributed by atoms with Gasteiger partial charge in [0, 0.05) is 5.75 Å². The van der Waals surface area contributed by atoms with Gasteiger partial charge in [-0.05, 0) is 55.0 Å². The first-order valence-corrected chi connectivity index (χ1v) is 7.43. The summed E-state index contributed by atoms with van der Waals surface area (Å²) < 4.78 is 0. The highest BCUT2D eigenvalue weighted by Gasteiger charge is 2.19. The second kappa shape index (κ2) is 6.31. The maximum Gasteiger partial charge on any atom is 0.000158 e. The maximum atomic E-state index is 5.51. The molecule has 0 radical (unpaired) electrons. The van der Waals surface area contributed by atoms with Crippen LogP contribution in [0.25, 0.3) is 0 Å². The fraction of sp³-hybridized carbons (Fsp3) is 0.571. The fourth-order valence-corrected chi connectivity index (χ4v) is 3.61. The molecule has 0 amide bonds. The highest BCUT2D eigenvalue weighted by molar-refractivity contribution is 7.99. The van der Waals surface area contributed by atoms with Gasteiger partial charge in [0.15, 0.2) is 0 Å². The summed E-state index contributed by atoms with van der Waals surface area (Å²) in [5, 5.41) is 0. The van der Waals surface area contributed by atoms with Crippen LogP contribution >= 0.6 is 11.8 Å². The minimum absolute atomic E-state index is 0.785. The molecule has 1 unspecified atom stereocenters. The minimum atomic E-state index is 0.785. The first kappa shape index (κ1) is 12.0. The molecule has 0 saturated heterocycles. The van der Waals surface area contributed by atoms with Crippen molar-refractivity contribution in [2.45, 2.75) is 31.6 Å². The molecule has 1 aliphatic carbocycles. The molecule has 0 bridgehead atoms. The van der Waals surface area contributed by atoms with Gasteiger partial charge in [0.1, 0.15) is 0 Å². The summed E-state index contributed by atoms with van der Waals surface area (Å²) in [6, 6.07) is 8.97. The van der Waals surface area contributed by atoms with Crippen molar-refractivity contribution in [3.05, 3.63) is 35.4 Å². The molecule has 2 rings (SSSR count). The molecule has 2 N–H and O–H groups in total. The van der Waals surface area contributed by atoms with Crippen LogP contribution in [-0.4, -0.2) is 18.1 Å². The monoisotopic (exact) mass is 235 g/mol. The standard InChI is InChI=1S/C14H21NS/c15-9-4-10-16-11-13-7-3-6-12-5-1-2-8-14(12)13/h1-2,5,8,13H,3-4,6-7,9-11,15H2. The van der Waals surface area contributed by atoms with Crippen LogP contribution in [0.4, 0.5) is 0 Å². The molecule has 1 aromatic carbocycles. The van der Waals surface area contributed by atoms with E-state index in [1.807, 2.05) is 0 Å². The maximum absolute atomic E-state index is 5.51. The Morgan fingerprint density at radius 3 is 3.06 bits per heavy atom. The van der Waals surface area contributed by atoms with E-state index in [-0.39, 0.29) is 0 Å². The quantitative estimate of drug-likeness (QED) is 0.793. The molecule has 0 heterocycles. The first-order valence-electron chi connectivity index (χ1n) is 6.27. The van der Waals surface area contributed by atoms with E-state index < -0.39 is 0 Å². The van der Waals surface area contributed by atoms with Crippen LogP contribution in [-0.2, 0) is 6.42 Å². The number of benzene rings is 1. The summed E-state index contributed by atoms with van der Waals surface area (Å²) in [6.07, 6.45) is 5.16. The first-order chi connectivity index (χ1) is 7.92. The van der Waals surface area contributed by atoms with Gasteiger partial charge in [0.25, 0.3) is 0 Å². The van der Waals surface area contributed by atoms with Gasteiger partial charge >= 0.3 is 0 Å². The highest BCUT2D eigenvalue weighted by atomic mass is 32.2. The summed E-state index contributed by atoms with van der Waals surface area (Å²) >= 11 is 2.07. The van der Waals surface area contributed by atoms with Crippen molar-refractivity contribution in [2.24, 2.45) is 5.73 Å². The van der Waals surface area contributed by atoms with Crippen LogP contribution in [0, 0.1) is 0 Å². The normalized spacial score (nSPS) is 19.4. The van der Waals surface area contributed by atoms with Crippen molar-refractivity contribution in [1.82, 2.24) is 0 Å². The molecule has 1 aliphatic rings. The van der Waals surface area contributed by atoms with E-state index in [0.29, 0.717) is 0 Å². The predicted octanol–water partition coefficient (Wildman–Crippen LogP) is 3.19. The van der Waals surface area contributed by atoms with Crippen LogP contribution < -0.4 is 5.73 Å². The predicted molar refractivity (Wildman–Crippen MR) is 73.1 cm³/mol. The molecular weight excluding hydrogens is 214 g/mol. The van der Waals surface area contributed by atoms with Crippen molar-refractivity contribution < 1.29 is 0 Å². The lowest BCUT2D eigenvalue weighted by atomic mass is 9.84. The SMILES string of the molecule is NCCCSCC1CCCc2ccccc21. The number of hydrogen-bond acceptors (Lipinski definition) is 2. The van der Waals surface area contributed by atoms with Gasteiger partial charge < -0.3 is 5.73 Å². The van der Waals surface area contributed by atoms with E-state index in [4.69, 9.17) is 5.73 Å². The van der Waals surface area contributed by atoms with E-state index in [1.165, 1.54) is 30.8 Å². The molecule has 0 spiro atoms. The second-order valence-electron chi connectivity index (χ2n) is 4.51. The molecule has 1 aromatic rings. The highest BCUT2D eigenvalue weighted by Crippen LogP contribution is 2.33. The van der Waals surface area contributed by atoms with Crippen molar-refractivity contribution in [1.29, 1.82) is 0 Å². The van der Waals surface area contributed by atoms with Gasteiger partial charge in [-0.25, -0.2) is 0 Å². The van der Waals surface area contributed by atoms with Crippen LogP contribution in [0.5, 0.6) is 0 Å². The lowest BCUT2D eigenvalue weighted by Crippen LogP contribution is -2.12. The average Bonchev–Trinajstić information content (AvgIpc) is 2.35. The summed E-state index contributed by atoms with van der Waals surface area (Å²) in [7, 11) is 0. The molecule has 0 saturated carbocycles. The summed E-state index contributed by atoms with van der Waals surface area (Å²) in [5.74, 6) is 3.28. The zero-order chi connectivity index (χ0) is 11.2. The number of nitrogens with two attached hydrogens (primary N) is 1. The Balaban J connectivity index is 1.91. The zero-order valence-corrected chi connectivity index (χ0v) is 10.6. The lowest BCUT2D eigenvalue weighted by molar-refractivity contribution is 0.596. The third-order valence-corrected chi connectivity index (χ3v) is 4.52. The number of aryl methyl sites for hydroxylation is 1. The Morgan fingerprint density at radius 2 is 2.19 bits per heavy atom. The summed E-state index contributed by atoms with van der Waals surface area (Å²) in [5.41, 5.74) is 8.70. The van der Waals surface area contributed by atoms with Crippen molar-refractivity contribution in [2.75, 3.05) is 18.1 Å². The largest absolute Gasteiger partial charge is 0.330 e. The van der Waals surface area contributed by atoms with Gasteiger partial charge in [0.05, 0.1) is 0 Å². The van der Waals surface area contributed by atoms with Gasteiger partial charge in [0.2, 0.25) is 0 Å². The Morgan fingerprint density at radius 1 is 1.31 bits per heavy atom. The Kier molecular flexibility index (Phi) is 4.73. The zero-order valence-electron chi connectivity index (χ0n) is 9.82. The average molecular weight is 235 g/mol. The molecule has 2 heteroatoms. The summed E-state index contributed by atoms with van der Waals surface area (Å²) in [6.45, 7) is 0.828. The van der Waals surface area contributed by atoms with E-state index in [9.17, 15) is 0 Å². The van der Waals surface area contributed by atoms with Crippen LogP contribution in [0.1, 0.15) is 36.3 Å². The van der Waals surface area contributed by atoms with E-state index in [0.717, 1.165) is 18.9 Å². The molecule has 1 atom stereocenters. The van der Waals surface area contributed by atoms with Crippen LogP contribution in [0.15, 0.2) is 24.3 Å². The lowest BCUT2D eigenvalue weighted by Gasteiger charge is -2.25. The summed E-state index contributed by atoms with van der Waals surface area (Å²) in [4.78, 5) is 0. The van der Waals surface area contributed by atoms with E-state index in [1.54, 1.807) is 11.1 Å². The minimum Gasteiger partial charge on any atom is -0.330 e. The van der Waals surface area contributed by atoms with Crippen LogP contribution in [0.3, 0.4) is 0 Å². The number of fused-ring (bicyclic) bond motifs is 1. The second-order valence-corrected chi connectivity index (χ2v) is 5.65. The van der Waals surface area contributed by atoms with Gasteiger partial charge in [-0.3, -0.25) is 0 Å². The van der Waals surface area contributed by atoms with Crippen molar-refractivity contribution in [3.63, 3.8) is 0 Å². The van der Waals surface area contributed by atoms with Crippen molar-refractivity contribution >= 4 is 11.8 Å². The molecular formula is C14H21NS. The van der Waals surface area contributed by atoms with E-state index in [2.05, 4.69) is 36.0 Å². The topological polar surface area (TPSA) is 26.0 Å². The fourth-order valence-electron chi connectivity index (χ4n) is 2.44.